The van der Waals surface area contributed by atoms with Crippen LogP contribution >= 0.6 is 18.0 Å². The minimum Gasteiger partial charge on any atom is -0.276 e. The molecule has 0 radical (unpaired) electrons. The van der Waals surface area contributed by atoms with Crippen LogP contribution in [-0.2, 0) is 14.6 Å². The van der Waals surface area contributed by atoms with E-state index in [2.05, 4.69) is 24.9 Å². The highest BCUT2D eigenvalue weighted by Gasteiger charge is 2.40. The van der Waals surface area contributed by atoms with Gasteiger partial charge in [0.2, 0.25) is 10.0 Å². The lowest BCUT2D eigenvalue weighted by atomic mass is 10.1. The van der Waals surface area contributed by atoms with Gasteiger partial charge in [0.05, 0.1) is 11.4 Å². The predicted octanol–water partition coefficient (Wildman–Crippen LogP) is 4.59. The third kappa shape index (κ3) is 6.44. The Hall–Kier alpha value is -0.770. The second-order valence-corrected chi connectivity index (χ2v) is 13.0. The maximum atomic E-state index is 13.7. The van der Waals surface area contributed by atoms with Gasteiger partial charge >= 0.3 is 0 Å². The molecule has 0 heterocycles. The fraction of sp³-hybridized carbons (Fsp3) is 0.556. The summed E-state index contributed by atoms with van der Waals surface area (Å²) in [6.07, 6.45) is 7.68. The summed E-state index contributed by atoms with van der Waals surface area (Å²) in [6.45, 7) is 2.89. The largest absolute Gasteiger partial charge is 0.283 e. The van der Waals surface area contributed by atoms with Gasteiger partial charge in [-0.2, -0.15) is 0 Å². The smallest absolute Gasteiger partial charge is 0.276 e. The first-order chi connectivity index (χ1) is 12.3. The van der Waals surface area contributed by atoms with Crippen molar-refractivity contribution in [3.8, 4) is 12.3 Å². The lowest BCUT2D eigenvalue weighted by Crippen LogP contribution is -2.34. The van der Waals surface area contributed by atoms with Crippen molar-refractivity contribution in [1.82, 2.24) is 9.16 Å². The summed E-state index contributed by atoms with van der Waals surface area (Å²) >= 11 is 1.15. The van der Waals surface area contributed by atoms with Crippen LogP contribution in [0.4, 0.5) is 0 Å². The summed E-state index contributed by atoms with van der Waals surface area (Å²) < 4.78 is 41.3. The number of hydrogen-bond donors (Lipinski definition) is 1. The van der Waals surface area contributed by atoms with Crippen LogP contribution < -0.4 is 5.09 Å². The molecule has 1 aromatic carbocycles. The Morgan fingerprint density at radius 2 is 1.96 bits per heavy atom. The van der Waals surface area contributed by atoms with E-state index in [0.717, 1.165) is 28.3 Å². The molecule has 2 atom stereocenters. The predicted molar refractivity (Wildman–Crippen MR) is 112 cm³/mol. The van der Waals surface area contributed by atoms with Crippen LogP contribution in [0, 0.1) is 18.3 Å². The van der Waals surface area contributed by atoms with Crippen molar-refractivity contribution >= 4 is 28.1 Å². The average Bonchev–Trinajstić information content (AvgIpc) is 2.65. The van der Waals surface area contributed by atoms with Crippen LogP contribution in [0.3, 0.4) is 0 Å². The molecule has 0 aromatic heterocycles. The van der Waals surface area contributed by atoms with Crippen molar-refractivity contribution in [2.75, 3.05) is 18.8 Å². The Balaban J connectivity index is 3.32. The number of terminal acetylenes is 1. The Kier molecular flexibility index (Phi) is 9.99. The van der Waals surface area contributed by atoms with Gasteiger partial charge in [0, 0.05) is 12.3 Å². The third-order valence-electron chi connectivity index (χ3n) is 3.97. The second-order valence-electron chi connectivity index (χ2n) is 6.06. The first-order valence-corrected chi connectivity index (χ1v) is 13.5. The standard InChI is InChI=1S/C18H29N2O3PS2/c1-5-14-19-24(21,25-16-6-2)20(15-13-17(4)7-3)26(22,23)18-11-9-8-10-12-18/h1,8-12,17H,6-7,13-16H2,2-4H3,(H,19,21). The van der Waals surface area contributed by atoms with E-state index in [1.807, 2.05) is 6.92 Å². The van der Waals surface area contributed by atoms with E-state index in [1.165, 1.54) is 12.1 Å². The van der Waals surface area contributed by atoms with E-state index in [0.29, 0.717) is 18.1 Å². The molecule has 5 nitrogen and oxygen atoms in total. The Morgan fingerprint density at radius 3 is 2.50 bits per heavy atom. The van der Waals surface area contributed by atoms with Gasteiger partial charge in [0.1, 0.15) is 0 Å². The number of rotatable bonds is 12. The van der Waals surface area contributed by atoms with E-state index in [9.17, 15) is 13.0 Å². The normalized spacial score (nSPS) is 15.3. The average molecular weight is 417 g/mol. The van der Waals surface area contributed by atoms with Crippen LogP contribution in [0.25, 0.3) is 0 Å². The molecular weight excluding hydrogens is 387 g/mol. The first kappa shape index (κ1) is 23.3. The molecule has 0 aliphatic rings. The second kappa shape index (κ2) is 11.2. The highest BCUT2D eigenvalue weighted by atomic mass is 32.7. The van der Waals surface area contributed by atoms with E-state index >= 15 is 0 Å². The van der Waals surface area contributed by atoms with E-state index in [4.69, 9.17) is 6.42 Å². The fourth-order valence-corrected chi connectivity index (χ4v) is 9.95. The van der Waals surface area contributed by atoms with E-state index in [1.54, 1.807) is 18.2 Å². The third-order valence-corrected chi connectivity index (χ3v) is 12.1. The van der Waals surface area contributed by atoms with Crippen molar-refractivity contribution in [2.24, 2.45) is 5.92 Å². The minimum absolute atomic E-state index is 0.0537. The molecule has 1 aromatic rings. The molecule has 1 rings (SSSR count). The molecule has 0 saturated carbocycles. The van der Waals surface area contributed by atoms with E-state index in [-0.39, 0.29) is 18.0 Å². The zero-order valence-corrected chi connectivity index (χ0v) is 18.2. The highest BCUT2D eigenvalue weighted by Crippen LogP contribution is 2.60. The van der Waals surface area contributed by atoms with Crippen molar-refractivity contribution in [3.63, 3.8) is 0 Å². The number of hydrogen-bond acceptors (Lipinski definition) is 4. The zero-order chi connectivity index (χ0) is 19.6. The monoisotopic (exact) mass is 416 g/mol. The fourth-order valence-electron chi connectivity index (χ4n) is 2.19. The zero-order valence-electron chi connectivity index (χ0n) is 15.7. The van der Waals surface area contributed by atoms with Crippen LogP contribution in [-0.4, -0.2) is 31.3 Å². The number of benzene rings is 1. The maximum absolute atomic E-state index is 13.7. The molecular formula is C18H29N2O3PS2. The molecule has 26 heavy (non-hydrogen) atoms. The topological polar surface area (TPSA) is 66.5 Å². The summed E-state index contributed by atoms with van der Waals surface area (Å²) in [5, 5.41) is 2.83. The SMILES string of the molecule is C#CCNP(=O)(SCCC)N(CCC(C)CC)S(=O)(=O)c1ccccc1. The van der Waals surface area contributed by atoms with Crippen LogP contribution in [0.15, 0.2) is 35.2 Å². The summed E-state index contributed by atoms with van der Waals surface area (Å²) in [5.74, 6) is 3.32. The summed E-state index contributed by atoms with van der Waals surface area (Å²) in [7, 11) is -3.91. The molecule has 8 heteroatoms. The lowest BCUT2D eigenvalue weighted by Gasteiger charge is -2.31. The van der Waals surface area contributed by atoms with Gasteiger partial charge in [-0.3, -0.25) is 4.57 Å². The van der Waals surface area contributed by atoms with Crippen LogP contribution in [0.5, 0.6) is 0 Å². The maximum Gasteiger partial charge on any atom is 0.283 e. The van der Waals surface area contributed by atoms with Gasteiger partial charge in [-0.1, -0.05) is 62.7 Å². The first-order valence-electron chi connectivity index (χ1n) is 8.83. The molecule has 0 fully saturated rings. The number of sulfonamides is 1. The van der Waals surface area contributed by atoms with Gasteiger partial charge in [-0.25, -0.2) is 13.5 Å². The van der Waals surface area contributed by atoms with Crippen molar-refractivity contribution in [3.05, 3.63) is 30.3 Å². The van der Waals surface area contributed by atoms with Crippen LogP contribution in [0.1, 0.15) is 40.0 Å². The van der Waals surface area contributed by atoms with Gasteiger partial charge in [-0.15, -0.1) is 10.5 Å². The lowest BCUT2D eigenvalue weighted by molar-refractivity contribution is 0.442. The Morgan fingerprint density at radius 1 is 1.31 bits per heavy atom. The van der Waals surface area contributed by atoms with Gasteiger partial charge in [0.25, 0.3) is 6.65 Å². The van der Waals surface area contributed by atoms with E-state index < -0.39 is 16.7 Å². The number of nitrogens with one attached hydrogen (secondary N) is 1. The highest BCUT2D eigenvalue weighted by molar-refractivity contribution is 8.57. The van der Waals surface area contributed by atoms with Gasteiger partial charge < -0.3 is 0 Å². The molecule has 0 saturated heterocycles. The van der Waals surface area contributed by atoms with Crippen molar-refractivity contribution in [2.45, 2.75) is 44.9 Å². The summed E-state index contributed by atoms with van der Waals surface area (Å²) in [4.78, 5) is 0.143. The van der Waals surface area contributed by atoms with Crippen molar-refractivity contribution in [1.29, 1.82) is 0 Å². The number of nitrogens with zero attached hydrogens (tertiary/aromatic N) is 1. The summed E-state index contributed by atoms with van der Waals surface area (Å²) in [5.41, 5.74) is 0. The summed E-state index contributed by atoms with van der Waals surface area (Å²) in [6, 6.07) is 8.14. The molecule has 0 aliphatic carbocycles. The van der Waals surface area contributed by atoms with Crippen LogP contribution in [0.2, 0.25) is 0 Å². The molecule has 0 bridgehead atoms. The molecule has 1 N–H and O–H groups in total. The van der Waals surface area contributed by atoms with Gasteiger partial charge in [0.15, 0.2) is 0 Å². The van der Waals surface area contributed by atoms with Gasteiger partial charge in [-0.05, 0) is 30.9 Å². The molecule has 2 unspecified atom stereocenters. The minimum atomic E-state index is -3.91. The molecule has 0 amide bonds. The quantitative estimate of drug-likeness (QED) is 0.399. The van der Waals surface area contributed by atoms with Crippen molar-refractivity contribution < 1.29 is 13.0 Å². The molecule has 0 spiro atoms. The molecule has 0 aliphatic heterocycles. The Bertz CT molecular complexity index is 733. The Labute approximate surface area is 162 Å². The molecule has 146 valence electrons.